The van der Waals surface area contributed by atoms with E-state index in [0.717, 1.165) is 31.2 Å². The SMILES string of the molecule is CC(C)C1CCC(NCc2ccccc2)(C(=O)O)CC1. The van der Waals surface area contributed by atoms with Crippen LogP contribution in [0, 0.1) is 11.8 Å². The molecule has 20 heavy (non-hydrogen) atoms. The van der Waals surface area contributed by atoms with E-state index < -0.39 is 11.5 Å². The molecule has 1 fully saturated rings. The van der Waals surface area contributed by atoms with Crippen molar-refractivity contribution in [2.75, 3.05) is 0 Å². The van der Waals surface area contributed by atoms with E-state index in [4.69, 9.17) is 0 Å². The minimum Gasteiger partial charge on any atom is -0.480 e. The molecule has 0 aliphatic heterocycles. The zero-order valence-corrected chi connectivity index (χ0v) is 12.4. The van der Waals surface area contributed by atoms with Crippen LogP contribution in [0.3, 0.4) is 0 Å². The molecular formula is C17H25NO2. The van der Waals surface area contributed by atoms with Gasteiger partial charge in [-0.1, -0.05) is 44.2 Å². The molecule has 1 aromatic rings. The summed E-state index contributed by atoms with van der Waals surface area (Å²) in [6.45, 7) is 5.09. The molecular weight excluding hydrogens is 250 g/mol. The van der Waals surface area contributed by atoms with Crippen molar-refractivity contribution in [1.29, 1.82) is 0 Å². The summed E-state index contributed by atoms with van der Waals surface area (Å²) >= 11 is 0. The number of carboxylic acid groups (broad SMARTS) is 1. The summed E-state index contributed by atoms with van der Waals surface area (Å²) in [4.78, 5) is 11.7. The number of benzene rings is 1. The predicted molar refractivity (Wildman–Crippen MR) is 80.4 cm³/mol. The number of rotatable bonds is 5. The molecule has 0 atom stereocenters. The second kappa shape index (κ2) is 6.40. The number of hydrogen-bond acceptors (Lipinski definition) is 2. The lowest BCUT2D eigenvalue weighted by atomic mass is 9.72. The van der Waals surface area contributed by atoms with Gasteiger partial charge in [-0.15, -0.1) is 0 Å². The summed E-state index contributed by atoms with van der Waals surface area (Å²) < 4.78 is 0. The highest BCUT2D eigenvalue weighted by molar-refractivity contribution is 5.78. The maximum absolute atomic E-state index is 11.7. The number of aliphatic carboxylic acids is 1. The Morgan fingerprint density at radius 3 is 2.40 bits per heavy atom. The quantitative estimate of drug-likeness (QED) is 0.865. The molecule has 0 radical (unpaired) electrons. The normalized spacial score (nSPS) is 26.6. The van der Waals surface area contributed by atoms with Crippen LogP contribution >= 0.6 is 0 Å². The summed E-state index contributed by atoms with van der Waals surface area (Å²) in [5.74, 6) is 0.618. The van der Waals surface area contributed by atoms with Gasteiger partial charge >= 0.3 is 5.97 Å². The van der Waals surface area contributed by atoms with Gasteiger partial charge in [0.15, 0.2) is 0 Å². The van der Waals surface area contributed by atoms with E-state index in [1.54, 1.807) is 0 Å². The van der Waals surface area contributed by atoms with Crippen LogP contribution in [0.25, 0.3) is 0 Å². The standard InChI is InChI=1S/C17H25NO2/c1-13(2)15-8-10-17(11-9-15,16(19)20)18-12-14-6-4-3-5-7-14/h3-7,13,15,18H,8-12H2,1-2H3,(H,19,20). The molecule has 3 nitrogen and oxygen atoms in total. The van der Waals surface area contributed by atoms with Crippen molar-refractivity contribution in [3.8, 4) is 0 Å². The second-order valence-corrected chi connectivity index (χ2v) is 6.31. The third-order valence-corrected chi connectivity index (χ3v) is 4.71. The average molecular weight is 275 g/mol. The van der Waals surface area contributed by atoms with Crippen LogP contribution in [0.5, 0.6) is 0 Å². The highest BCUT2D eigenvalue weighted by Crippen LogP contribution is 2.36. The summed E-state index contributed by atoms with van der Waals surface area (Å²) in [7, 11) is 0. The summed E-state index contributed by atoms with van der Waals surface area (Å²) in [6.07, 6.45) is 3.48. The van der Waals surface area contributed by atoms with Crippen molar-refractivity contribution in [1.82, 2.24) is 5.32 Å². The molecule has 2 rings (SSSR count). The van der Waals surface area contributed by atoms with E-state index >= 15 is 0 Å². The molecule has 0 amide bonds. The second-order valence-electron chi connectivity index (χ2n) is 6.31. The fourth-order valence-corrected chi connectivity index (χ4v) is 3.13. The van der Waals surface area contributed by atoms with Gasteiger partial charge in [-0.3, -0.25) is 10.1 Å². The lowest BCUT2D eigenvalue weighted by Gasteiger charge is -2.39. The Hall–Kier alpha value is -1.35. The van der Waals surface area contributed by atoms with E-state index in [2.05, 4.69) is 19.2 Å². The topological polar surface area (TPSA) is 49.3 Å². The number of nitrogens with one attached hydrogen (secondary N) is 1. The largest absolute Gasteiger partial charge is 0.480 e. The van der Waals surface area contributed by atoms with Gasteiger partial charge in [-0.2, -0.15) is 0 Å². The summed E-state index contributed by atoms with van der Waals surface area (Å²) in [5, 5.41) is 12.9. The highest BCUT2D eigenvalue weighted by atomic mass is 16.4. The van der Waals surface area contributed by atoms with Crippen LogP contribution in [0.15, 0.2) is 30.3 Å². The maximum Gasteiger partial charge on any atom is 0.323 e. The Labute approximate surface area is 121 Å². The van der Waals surface area contributed by atoms with Crippen LogP contribution < -0.4 is 5.32 Å². The Balaban J connectivity index is 1.99. The molecule has 1 saturated carbocycles. The fraction of sp³-hybridized carbons (Fsp3) is 0.588. The van der Waals surface area contributed by atoms with Crippen LogP contribution in [-0.4, -0.2) is 16.6 Å². The first-order valence-electron chi connectivity index (χ1n) is 7.56. The molecule has 0 spiro atoms. The minimum atomic E-state index is -0.735. The van der Waals surface area contributed by atoms with Crippen LogP contribution in [0.4, 0.5) is 0 Å². The molecule has 0 bridgehead atoms. The van der Waals surface area contributed by atoms with E-state index in [1.165, 1.54) is 0 Å². The van der Waals surface area contributed by atoms with Crippen molar-refractivity contribution in [2.24, 2.45) is 11.8 Å². The number of carboxylic acids is 1. The third kappa shape index (κ3) is 3.40. The first-order valence-corrected chi connectivity index (χ1v) is 7.56. The van der Waals surface area contributed by atoms with Crippen molar-refractivity contribution >= 4 is 5.97 Å². The summed E-state index contributed by atoms with van der Waals surface area (Å²) in [6, 6.07) is 10.0. The Morgan fingerprint density at radius 2 is 1.90 bits per heavy atom. The van der Waals surface area contributed by atoms with Gasteiger partial charge in [0.2, 0.25) is 0 Å². The van der Waals surface area contributed by atoms with E-state index in [-0.39, 0.29) is 0 Å². The monoisotopic (exact) mass is 275 g/mol. The maximum atomic E-state index is 11.7. The molecule has 0 saturated heterocycles. The first kappa shape index (κ1) is 15.0. The van der Waals surface area contributed by atoms with Gasteiger partial charge in [-0.05, 0) is 43.1 Å². The fourth-order valence-electron chi connectivity index (χ4n) is 3.13. The molecule has 0 aromatic heterocycles. The van der Waals surface area contributed by atoms with Gasteiger partial charge in [0.1, 0.15) is 5.54 Å². The zero-order valence-electron chi connectivity index (χ0n) is 12.4. The van der Waals surface area contributed by atoms with Gasteiger partial charge in [0, 0.05) is 6.54 Å². The van der Waals surface area contributed by atoms with E-state index in [9.17, 15) is 9.90 Å². The van der Waals surface area contributed by atoms with Gasteiger partial charge in [0.25, 0.3) is 0 Å². The molecule has 110 valence electrons. The summed E-state index contributed by atoms with van der Waals surface area (Å²) in [5.41, 5.74) is 0.403. The number of hydrogen-bond donors (Lipinski definition) is 2. The van der Waals surface area contributed by atoms with Crippen LogP contribution in [0.1, 0.15) is 45.1 Å². The van der Waals surface area contributed by atoms with Crippen molar-refractivity contribution < 1.29 is 9.90 Å². The average Bonchev–Trinajstić information content (AvgIpc) is 2.46. The van der Waals surface area contributed by atoms with Crippen LogP contribution in [-0.2, 0) is 11.3 Å². The Bertz CT molecular complexity index is 434. The third-order valence-electron chi connectivity index (χ3n) is 4.71. The Morgan fingerprint density at radius 1 is 1.30 bits per heavy atom. The molecule has 2 N–H and O–H groups in total. The minimum absolute atomic E-state index is 0.624. The zero-order chi connectivity index (χ0) is 14.6. The number of carbonyl (C=O) groups is 1. The van der Waals surface area contributed by atoms with Gasteiger partial charge < -0.3 is 5.11 Å². The van der Waals surface area contributed by atoms with E-state index in [0.29, 0.717) is 18.4 Å². The molecule has 0 heterocycles. The molecule has 1 aliphatic carbocycles. The van der Waals surface area contributed by atoms with Gasteiger partial charge in [-0.25, -0.2) is 0 Å². The van der Waals surface area contributed by atoms with Crippen LogP contribution in [0.2, 0.25) is 0 Å². The van der Waals surface area contributed by atoms with Crippen molar-refractivity contribution in [3.05, 3.63) is 35.9 Å². The van der Waals surface area contributed by atoms with E-state index in [1.807, 2.05) is 30.3 Å². The molecule has 3 heteroatoms. The van der Waals surface area contributed by atoms with Crippen molar-refractivity contribution in [2.45, 2.75) is 51.6 Å². The van der Waals surface area contributed by atoms with Gasteiger partial charge in [0.05, 0.1) is 0 Å². The highest BCUT2D eigenvalue weighted by Gasteiger charge is 2.41. The molecule has 0 unspecified atom stereocenters. The smallest absolute Gasteiger partial charge is 0.323 e. The lowest BCUT2D eigenvalue weighted by molar-refractivity contribution is -0.147. The Kier molecular flexibility index (Phi) is 4.81. The molecule has 1 aromatic carbocycles. The first-order chi connectivity index (χ1) is 9.53. The predicted octanol–water partition coefficient (Wildman–Crippen LogP) is 3.45. The lowest BCUT2D eigenvalue weighted by Crippen LogP contribution is -2.54. The van der Waals surface area contributed by atoms with Crippen molar-refractivity contribution in [3.63, 3.8) is 0 Å². The molecule has 1 aliphatic rings.